The molecule has 1 N–H and O–H groups in total. The number of hydrogen-bond acceptors (Lipinski definition) is 5. The smallest absolute Gasteiger partial charge is 0.282 e. The first-order valence-electron chi connectivity index (χ1n) is 9.91. The number of methoxy groups -OCH3 is 2. The van der Waals surface area contributed by atoms with Crippen molar-refractivity contribution in [1.82, 2.24) is 0 Å². The molecule has 0 radical (unpaired) electrons. The Bertz CT molecular complexity index is 1070. The number of nitrogens with one attached hydrogen (secondary N) is 1. The molecule has 160 valence electrons. The summed E-state index contributed by atoms with van der Waals surface area (Å²) in [7, 11) is 3.15. The van der Waals surface area contributed by atoms with Crippen LogP contribution in [0.5, 0.6) is 11.5 Å². The molecule has 0 aliphatic carbocycles. The standard InChI is InChI=1S/C24H25N3O3S/c1-6-31-24-22(25-3)21(16-11-7-9-13-18(16)29-4)20(15(2)26-24)23(28)27-17-12-8-10-14-19(17)30-5/h7-14,21-22H,6H2,1-2,4-5H3,(H,27,28). The van der Waals surface area contributed by atoms with Crippen molar-refractivity contribution in [3.63, 3.8) is 0 Å². The van der Waals surface area contributed by atoms with Crippen LogP contribution in [0, 0.1) is 6.57 Å². The predicted octanol–water partition coefficient (Wildman–Crippen LogP) is 5.15. The molecule has 0 aromatic heterocycles. The third-order valence-electron chi connectivity index (χ3n) is 5.05. The Morgan fingerprint density at radius 1 is 1.13 bits per heavy atom. The highest BCUT2D eigenvalue weighted by Gasteiger charge is 2.44. The first-order valence-corrected chi connectivity index (χ1v) is 10.9. The Kier molecular flexibility index (Phi) is 7.37. The largest absolute Gasteiger partial charge is 0.496 e. The van der Waals surface area contributed by atoms with Crippen molar-refractivity contribution in [2.45, 2.75) is 25.8 Å². The normalized spacial score (nSPS) is 18.1. The summed E-state index contributed by atoms with van der Waals surface area (Å²) >= 11 is 1.53. The SMILES string of the molecule is [C-]#[N+]C1C(SCC)=NC(C)=C(C(=O)Nc2ccccc2OC)C1c1ccccc1OC. The maximum absolute atomic E-state index is 13.5. The topological polar surface area (TPSA) is 64.3 Å². The van der Waals surface area contributed by atoms with E-state index in [2.05, 4.69) is 15.2 Å². The zero-order valence-corrected chi connectivity index (χ0v) is 18.8. The molecule has 0 bridgehead atoms. The van der Waals surface area contributed by atoms with Crippen LogP contribution in [0.25, 0.3) is 4.85 Å². The van der Waals surface area contributed by atoms with Crippen LogP contribution in [0.4, 0.5) is 5.69 Å². The molecular formula is C24H25N3O3S. The van der Waals surface area contributed by atoms with Gasteiger partial charge in [-0.2, -0.15) is 0 Å². The van der Waals surface area contributed by atoms with Gasteiger partial charge in [-0.25, -0.2) is 11.6 Å². The van der Waals surface area contributed by atoms with E-state index in [0.717, 1.165) is 16.4 Å². The molecule has 0 spiro atoms. The number of amides is 1. The Balaban J connectivity index is 2.14. The minimum absolute atomic E-state index is 0.309. The van der Waals surface area contributed by atoms with Gasteiger partial charge in [-0.1, -0.05) is 37.3 Å². The van der Waals surface area contributed by atoms with E-state index in [1.54, 1.807) is 26.4 Å². The summed E-state index contributed by atoms with van der Waals surface area (Å²) in [6.07, 6.45) is 0. The Morgan fingerprint density at radius 2 is 1.77 bits per heavy atom. The molecule has 2 unspecified atom stereocenters. The van der Waals surface area contributed by atoms with Crippen molar-refractivity contribution in [3.8, 4) is 11.5 Å². The molecule has 1 aliphatic rings. The van der Waals surface area contributed by atoms with Gasteiger partial charge in [-0.3, -0.25) is 4.79 Å². The second-order valence-electron chi connectivity index (χ2n) is 6.83. The molecule has 1 heterocycles. The minimum Gasteiger partial charge on any atom is -0.496 e. The van der Waals surface area contributed by atoms with E-state index < -0.39 is 12.0 Å². The van der Waals surface area contributed by atoms with Crippen molar-refractivity contribution < 1.29 is 14.3 Å². The van der Waals surface area contributed by atoms with Crippen LogP contribution in [0.3, 0.4) is 0 Å². The van der Waals surface area contributed by atoms with E-state index in [4.69, 9.17) is 16.0 Å². The van der Waals surface area contributed by atoms with Gasteiger partial charge < -0.3 is 19.6 Å². The number of hydrogen-bond donors (Lipinski definition) is 1. The number of carbonyl (C=O) groups is 1. The van der Waals surface area contributed by atoms with Gasteiger partial charge in [0.1, 0.15) is 17.4 Å². The van der Waals surface area contributed by atoms with Gasteiger partial charge in [0.15, 0.2) is 5.04 Å². The molecule has 1 amide bonds. The van der Waals surface area contributed by atoms with Gasteiger partial charge in [0.2, 0.25) is 0 Å². The lowest BCUT2D eigenvalue weighted by Gasteiger charge is -2.28. The van der Waals surface area contributed by atoms with Crippen molar-refractivity contribution in [1.29, 1.82) is 0 Å². The molecule has 1 aliphatic heterocycles. The first kappa shape index (κ1) is 22.4. The summed E-state index contributed by atoms with van der Waals surface area (Å²) in [6.45, 7) is 11.7. The molecule has 7 heteroatoms. The number of rotatable bonds is 6. The minimum atomic E-state index is -0.608. The van der Waals surface area contributed by atoms with E-state index in [-0.39, 0.29) is 5.91 Å². The summed E-state index contributed by atoms with van der Waals surface area (Å²) in [5, 5.41) is 3.67. The van der Waals surface area contributed by atoms with E-state index in [1.165, 1.54) is 11.8 Å². The number of aliphatic imine (C=N–C) groups is 1. The van der Waals surface area contributed by atoms with Gasteiger partial charge in [0, 0.05) is 11.3 Å². The highest BCUT2D eigenvalue weighted by molar-refractivity contribution is 8.14. The number of nitrogens with zero attached hydrogens (tertiary/aromatic N) is 2. The third kappa shape index (κ3) is 4.59. The molecule has 2 aromatic rings. The number of allylic oxidation sites excluding steroid dienone is 1. The summed E-state index contributed by atoms with van der Waals surface area (Å²) in [4.78, 5) is 22.1. The number of benzene rings is 2. The summed E-state index contributed by atoms with van der Waals surface area (Å²) in [5.74, 6) is 1.18. The predicted molar refractivity (Wildman–Crippen MR) is 126 cm³/mol. The van der Waals surface area contributed by atoms with Crippen LogP contribution < -0.4 is 14.8 Å². The van der Waals surface area contributed by atoms with Crippen LogP contribution in [0.1, 0.15) is 25.3 Å². The van der Waals surface area contributed by atoms with E-state index in [9.17, 15) is 4.79 Å². The second-order valence-corrected chi connectivity index (χ2v) is 8.11. The molecule has 2 aromatic carbocycles. The average molecular weight is 436 g/mol. The fraction of sp³-hybridized carbons (Fsp3) is 0.292. The van der Waals surface area contributed by atoms with Gasteiger partial charge in [0.25, 0.3) is 11.9 Å². The number of ether oxygens (including phenoxy) is 2. The van der Waals surface area contributed by atoms with Crippen LogP contribution in [0.15, 0.2) is 64.8 Å². The maximum Gasteiger partial charge on any atom is 0.282 e. The number of para-hydroxylation sites is 3. The fourth-order valence-corrected chi connectivity index (χ4v) is 4.56. The van der Waals surface area contributed by atoms with Crippen LogP contribution in [0.2, 0.25) is 0 Å². The summed E-state index contributed by atoms with van der Waals surface area (Å²) in [5.41, 5.74) is 2.40. The van der Waals surface area contributed by atoms with Gasteiger partial charge in [-0.05, 0) is 30.9 Å². The van der Waals surface area contributed by atoms with E-state index in [1.807, 2.05) is 50.2 Å². The lowest BCUT2D eigenvalue weighted by Crippen LogP contribution is -2.34. The Hall–Kier alpha value is -3.24. The van der Waals surface area contributed by atoms with Crippen LogP contribution >= 0.6 is 11.8 Å². The second kappa shape index (κ2) is 10.2. The maximum atomic E-state index is 13.5. The highest BCUT2D eigenvalue weighted by atomic mass is 32.2. The molecule has 2 atom stereocenters. The Morgan fingerprint density at radius 3 is 2.42 bits per heavy atom. The van der Waals surface area contributed by atoms with Gasteiger partial charge in [-0.15, -0.1) is 11.8 Å². The summed E-state index contributed by atoms with van der Waals surface area (Å²) < 4.78 is 11.0. The molecule has 6 nitrogen and oxygen atoms in total. The number of thioether (sulfide) groups is 1. The molecule has 0 fully saturated rings. The zero-order chi connectivity index (χ0) is 22.4. The van der Waals surface area contributed by atoms with Crippen molar-refractivity contribution in [3.05, 3.63) is 76.8 Å². The lowest BCUT2D eigenvalue weighted by atomic mass is 9.81. The van der Waals surface area contributed by atoms with Gasteiger partial charge >= 0.3 is 0 Å². The zero-order valence-electron chi connectivity index (χ0n) is 18.0. The molecule has 0 saturated heterocycles. The molecule has 3 rings (SSSR count). The van der Waals surface area contributed by atoms with Crippen molar-refractivity contribution in [2.24, 2.45) is 4.99 Å². The highest BCUT2D eigenvalue weighted by Crippen LogP contribution is 2.42. The Labute approximate surface area is 187 Å². The van der Waals surface area contributed by atoms with Crippen molar-refractivity contribution in [2.75, 3.05) is 25.3 Å². The summed E-state index contributed by atoms with van der Waals surface area (Å²) in [6, 6.07) is 14.1. The fourth-order valence-electron chi connectivity index (χ4n) is 3.70. The monoisotopic (exact) mass is 435 g/mol. The van der Waals surface area contributed by atoms with Gasteiger partial charge in [0.05, 0.1) is 25.5 Å². The molecular weight excluding hydrogens is 410 g/mol. The number of carbonyl (C=O) groups excluding carboxylic acids is 1. The molecule has 31 heavy (non-hydrogen) atoms. The molecule has 0 saturated carbocycles. The average Bonchev–Trinajstić information content (AvgIpc) is 2.79. The van der Waals surface area contributed by atoms with E-state index in [0.29, 0.717) is 28.5 Å². The van der Waals surface area contributed by atoms with Crippen molar-refractivity contribution >= 4 is 28.4 Å². The van der Waals surface area contributed by atoms with Crippen LogP contribution in [-0.4, -0.2) is 37.0 Å². The van der Waals surface area contributed by atoms with E-state index >= 15 is 0 Å². The lowest BCUT2D eigenvalue weighted by molar-refractivity contribution is -0.113. The quantitative estimate of drug-likeness (QED) is 0.637. The van der Waals surface area contributed by atoms with Crippen LogP contribution in [-0.2, 0) is 4.79 Å². The third-order valence-corrected chi connectivity index (χ3v) is 5.97. The first-order chi connectivity index (χ1) is 15.0. The number of anilines is 1.